The van der Waals surface area contributed by atoms with Crippen LogP contribution in [0.25, 0.3) is 22.2 Å². The maximum Gasteiger partial charge on any atom is 0.317 e. The van der Waals surface area contributed by atoms with Crippen LogP contribution >= 0.6 is 0 Å². The zero-order valence-corrected chi connectivity index (χ0v) is 19.8. The Bertz CT molecular complexity index is 1280. The summed E-state index contributed by atoms with van der Waals surface area (Å²) in [5.41, 5.74) is 8.48. The number of pyridine rings is 1. The highest BCUT2D eigenvalue weighted by molar-refractivity contribution is 5.92. The number of aryl methyl sites for hydroxylation is 1. The Balaban J connectivity index is 1.55. The summed E-state index contributed by atoms with van der Waals surface area (Å²) >= 11 is 0. The molecule has 0 spiro atoms. The molecule has 3 heterocycles. The molecule has 5 rings (SSSR count). The Labute approximate surface area is 194 Å². The van der Waals surface area contributed by atoms with E-state index in [1.807, 2.05) is 18.1 Å². The third kappa shape index (κ3) is 3.90. The monoisotopic (exact) mass is 447 g/mol. The van der Waals surface area contributed by atoms with Gasteiger partial charge in [-0.25, -0.2) is 0 Å². The number of carboxylic acid groups (broad SMARTS) is 1. The van der Waals surface area contributed by atoms with Crippen molar-refractivity contribution in [2.75, 3.05) is 19.6 Å². The summed E-state index contributed by atoms with van der Waals surface area (Å²) in [6.07, 6.45) is 6.88. The number of H-pyrrole nitrogens is 1. The predicted molar refractivity (Wildman–Crippen MR) is 131 cm³/mol. The number of likely N-dealkylation sites (tertiary alicyclic amines) is 1. The molecule has 6 heteroatoms. The standard InChI is InChI=1S/C27H33N3O3/c1-16(2)25-21-13-18(17-9-11-30(12-10-17)15-24(31)32)7-8-23(21)28-26(25)22-14-29(3)27(33)20-6-4-5-19(20)22/h7-8,13-14,16-17,28H,4-6,9-12,15H2,1-3H3,(H,31,32). The number of aromatic amines is 1. The van der Waals surface area contributed by atoms with Gasteiger partial charge in [0.15, 0.2) is 0 Å². The second kappa shape index (κ2) is 8.49. The van der Waals surface area contributed by atoms with Crippen molar-refractivity contribution in [3.63, 3.8) is 0 Å². The Kier molecular flexibility index (Phi) is 5.65. The minimum atomic E-state index is -0.749. The first-order valence-corrected chi connectivity index (χ1v) is 12.1. The average Bonchev–Trinajstić information content (AvgIpc) is 3.41. The van der Waals surface area contributed by atoms with Crippen molar-refractivity contribution >= 4 is 16.9 Å². The quantitative estimate of drug-likeness (QED) is 0.607. The molecule has 6 nitrogen and oxygen atoms in total. The lowest BCUT2D eigenvalue weighted by atomic mass is 9.87. The van der Waals surface area contributed by atoms with Crippen molar-refractivity contribution in [2.24, 2.45) is 7.05 Å². The van der Waals surface area contributed by atoms with Gasteiger partial charge in [-0.2, -0.15) is 0 Å². The van der Waals surface area contributed by atoms with Crippen LogP contribution in [-0.4, -0.2) is 45.2 Å². The Morgan fingerprint density at radius 1 is 1.18 bits per heavy atom. The summed E-state index contributed by atoms with van der Waals surface area (Å²) < 4.78 is 1.74. The maximum absolute atomic E-state index is 12.7. The summed E-state index contributed by atoms with van der Waals surface area (Å²) in [7, 11) is 1.86. The van der Waals surface area contributed by atoms with Gasteiger partial charge in [0.05, 0.1) is 12.2 Å². The van der Waals surface area contributed by atoms with E-state index >= 15 is 0 Å². The molecule has 0 saturated carbocycles. The van der Waals surface area contributed by atoms with Gasteiger partial charge in [0, 0.05) is 35.3 Å². The third-order valence-electron chi connectivity index (χ3n) is 7.57. The van der Waals surface area contributed by atoms with Gasteiger partial charge in [0.1, 0.15) is 0 Å². The van der Waals surface area contributed by atoms with Crippen LogP contribution in [0.1, 0.15) is 67.2 Å². The normalized spacial score (nSPS) is 17.2. The predicted octanol–water partition coefficient (Wildman–Crippen LogP) is 4.41. The van der Waals surface area contributed by atoms with Gasteiger partial charge in [0.2, 0.25) is 0 Å². The van der Waals surface area contributed by atoms with Crippen molar-refractivity contribution in [2.45, 2.75) is 57.8 Å². The zero-order valence-electron chi connectivity index (χ0n) is 19.8. The molecule has 0 atom stereocenters. The Morgan fingerprint density at radius 3 is 2.61 bits per heavy atom. The molecular formula is C27H33N3O3. The largest absolute Gasteiger partial charge is 0.480 e. The highest BCUT2D eigenvalue weighted by Crippen LogP contribution is 2.40. The first-order chi connectivity index (χ1) is 15.8. The summed E-state index contributed by atoms with van der Waals surface area (Å²) in [6.45, 7) is 6.27. The number of carbonyl (C=O) groups is 1. The van der Waals surface area contributed by atoms with Gasteiger partial charge in [-0.1, -0.05) is 19.9 Å². The van der Waals surface area contributed by atoms with Gasteiger partial charge >= 0.3 is 5.97 Å². The molecule has 3 aromatic rings. The van der Waals surface area contributed by atoms with Crippen LogP contribution in [0, 0.1) is 0 Å². The molecule has 1 aliphatic heterocycles. The summed E-state index contributed by atoms with van der Waals surface area (Å²) in [5, 5.41) is 10.3. The van der Waals surface area contributed by atoms with Crippen LogP contribution in [0.15, 0.2) is 29.2 Å². The van der Waals surface area contributed by atoms with Crippen LogP contribution < -0.4 is 5.56 Å². The molecule has 33 heavy (non-hydrogen) atoms. The topological polar surface area (TPSA) is 78.3 Å². The van der Waals surface area contributed by atoms with Crippen LogP contribution in [0.2, 0.25) is 0 Å². The number of benzene rings is 1. The smallest absolute Gasteiger partial charge is 0.317 e. The van der Waals surface area contributed by atoms with Gasteiger partial charge in [-0.3, -0.25) is 14.5 Å². The molecule has 0 bridgehead atoms. The van der Waals surface area contributed by atoms with E-state index in [9.17, 15) is 9.59 Å². The minimum absolute atomic E-state index is 0.133. The molecule has 174 valence electrons. The number of hydrogen-bond donors (Lipinski definition) is 2. The Hall–Kier alpha value is -2.86. The van der Waals surface area contributed by atoms with E-state index in [4.69, 9.17) is 5.11 Å². The van der Waals surface area contributed by atoms with Crippen molar-refractivity contribution in [1.82, 2.24) is 14.5 Å². The van der Waals surface area contributed by atoms with Crippen LogP contribution in [0.3, 0.4) is 0 Å². The minimum Gasteiger partial charge on any atom is -0.480 e. The lowest BCUT2D eigenvalue weighted by Gasteiger charge is -2.31. The number of aromatic nitrogens is 2. The van der Waals surface area contributed by atoms with E-state index in [-0.39, 0.29) is 12.1 Å². The van der Waals surface area contributed by atoms with Crippen molar-refractivity contribution in [3.8, 4) is 11.3 Å². The van der Waals surface area contributed by atoms with Crippen molar-refractivity contribution in [3.05, 3.63) is 57.0 Å². The fourth-order valence-corrected chi connectivity index (χ4v) is 5.95. The van der Waals surface area contributed by atoms with E-state index in [0.717, 1.165) is 62.0 Å². The SMILES string of the molecule is CC(C)c1c(-c2cn(C)c(=O)c3c2CCC3)[nH]c2ccc(C3CCN(CC(=O)O)CC3)cc12. The number of nitrogens with zero attached hydrogens (tertiary/aromatic N) is 2. The second-order valence-electron chi connectivity index (χ2n) is 10.1. The van der Waals surface area contributed by atoms with E-state index in [1.165, 1.54) is 27.6 Å². The summed E-state index contributed by atoms with van der Waals surface area (Å²) in [4.78, 5) is 29.4. The fraction of sp³-hybridized carbons (Fsp3) is 0.481. The van der Waals surface area contributed by atoms with Gasteiger partial charge in [0.25, 0.3) is 5.56 Å². The molecule has 2 N–H and O–H groups in total. The zero-order chi connectivity index (χ0) is 23.3. The first-order valence-electron chi connectivity index (χ1n) is 12.1. The number of rotatable bonds is 5. The highest BCUT2D eigenvalue weighted by atomic mass is 16.4. The number of fused-ring (bicyclic) bond motifs is 2. The van der Waals surface area contributed by atoms with Gasteiger partial charge < -0.3 is 14.7 Å². The molecule has 1 aromatic carbocycles. The molecule has 2 aliphatic rings. The van der Waals surface area contributed by atoms with Gasteiger partial charge in [-0.05, 0) is 85.9 Å². The fourth-order valence-electron chi connectivity index (χ4n) is 5.95. The number of hydrogen-bond acceptors (Lipinski definition) is 3. The second-order valence-corrected chi connectivity index (χ2v) is 10.1. The highest BCUT2D eigenvalue weighted by Gasteiger charge is 2.26. The summed E-state index contributed by atoms with van der Waals surface area (Å²) in [5.74, 6) is 0.0523. The average molecular weight is 448 g/mol. The van der Waals surface area contributed by atoms with Crippen molar-refractivity contribution < 1.29 is 9.90 Å². The first kappa shape index (κ1) is 22.0. The Morgan fingerprint density at radius 2 is 1.91 bits per heavy atom. The van der Waals surface area contributed by atoms with Crippen molar-refractivity contribution in [1.29, 1.82) is 0 Å². The lowest BCUT2D eigenvalue weighted by Crippen LogP contribution is -2.36. The molecular weight excluding hydrogens is 414 g/mol. The van der Waals surface area contributed by atoms with Crippen LogP contribution in [0.4, 0.5) is 0 Å². The molecule has 1 saturated heterocycles. The van der Waals surface area contributed by atoms with E-state index < -0.39 is 5.97 Å². The van der Waals surface area contributed by atoms with E-state index in [0.29, 0.717) is 11.8 Å². The molecule has 1 aliphatic carbocycles. The van der Waals surface area contributed by atoms with Crippen LogP contribution in [-0.2, 0) is 24.7 Å². The summed E-state index contributed by atoms with van der Waals surface area (Å²) in [6, 6.07) is 6.78. The molecule has 0 unspecified atom stereocenters. The lowest BCUT2D eigenvalue weighted by molar-refractivity contribution is -0.138. The third-order valence-corrected chi connectivity index (χ3v) is 7.57. The maximum atomic E-state index is 12.7. The molecule has 0 radical (unpaired) electrons. The van der Waals surface area contributed by atoms with Crippen LogP contribution in [0.5, 0.6) is 0 Å². The molecule has 2 aromatic heterocycles. The van der Waals surface area contributed by atoms with Gasteiger partial charge in [-0.15, -0.1) is 0 Å². The van der Waals surface area contributed by atoms with E-state index in [2.05, 4.69) is 37.0 Å². The molecule has 0 amide bonds. The number of nitrogens with one attached hydrogen (secondary N) is 1. The number of aliphatic carboxylic acids is 1. The number of piperidine rings is 1. The molecule has 1 fully saturated rings. The number of carboxylic acids is 1. The van der Waals surface area contributed by atoms with E-state index in [1.54, 1.807) is 4.57 Å².